The number of hydrogen-bond donors (Lipinski definition) is 2. The van der Waals surface area contributed by atoms with Crippen molar-refractivity contribution in [1.29, 1.82) is 0 Å². The van der Waals surface area contributed by atoms with Gasteiger partial charge in [0.25, 0.3) is 0 Å². The Morgan fingerprint density at radius 2 is 1.90 bits per heavy atom. The second-order valence-electron chi connectivity index (χ2n) is 8.65. The van der Waals surface area contributed by atoms with Gasteiger partial charge in [0.1, 0.15) is 6.04 Å². The zero-order valence-electron chi connectivity index (χ0n) is 19.5. The molecule has 2 N–H and O–H groups in total. The van der Waals surface area contributed by atoms with Gasteiger partial charge in [0.2, 0.25) is 11.8 Å². The number of carbonyl (C=O) groups is 3. The topological polar surface area (TPSA) is 95.9 Å². The molecule has 1 saturated heterocycles. The van der Waals surface area contributed by atoms with Gasteiger partial charge in [-0.3, -0.25) is 14.4 Å². The number of hydrogen-bond acceptors (Lipinski definition) is 5. The van der Waals surface area contributed by atoms with E-state index in [0.29, 0.717) is 13.0 Å². The van der Waals surface area contributed by atoms with Gasteiger partial charge in [-0.05, 0) is 32.1 Å². The zero-order valence-corrected chi connectivity index (χ0v) is 19.5. The van der Waals surface area contributed by atoms with E-state index in [2.05, 4.69) is 19.2 Å². The lowest BCUT2D eigenvalue weighted by Gasteiger charge is -2.34. The first-order chi connectivity index (χ1) is 15.0. The third kappa shape index (κ3) is 5.48. The van der Waals surface area contributed by atoms with Gasteiger partial charge in [-0.25, -0.2) is 0 Å². The maximum atomic E-state index is 13.7. The van der Waals surface area contributed by atoms with E-state index in [0.717, 1.165) is 32.1 Å². The summed E-state index contributed by atoms with van der Waals surface area (Å²) in [7, 11) is 0. The Balaban J connectivity index is 2.41. The molecule has 7 heteroatoms. The summed E-state index contributed by atoms with van der Waals surface area (Å²) in [6.07, 6.45) is 9.12. The molecule has 0 saturated carbocycles. The lowest BCUT2D eigenvalue weighted by molar-refractivity contribution is -0.156. The van der Waals surface area contributed by atoms with Gasteiger partial charge in [0.05, 0.1) is 31.1 Å². The maximum Gasteiger partial charge on any atom is 0.310 e. The lowest BCUT2D eigenvalue weighted by atomic mass is 9.69. The van der Waals surface area contributed by atoms with Crippen LogP contribution in [0.1, 0.15) is 66.2 Å². The molecule has 1 heterocycles. The molecule has 0 radical (unpaired) electrons. The number of carbonyl (C=O) groups excluding carboxylic acids is 3. The molecular weight excluding hydrogens is 396 g/mol. The van der Waals surface area contributed by atoms with E-state index in [-0.39, 0.29) is 36.9 Å². The minimum atomic E-state index is -0.716. The molecule has 2 aliphatic rings. The highest BCUT2D eigenvalue weighted by molar-refractivity contribution is 5.96. The van der Waals surface area contributed by atoms with Crippen molar-refractivity contribution in [3.05, 3.63) is 12.2 Å². The van der Waals surface area contributed by atoms with Crippen molar-refractivity contribution < 1.29 is 24.2 Å². The quantitative estimate of drug-likeness (QED) is 0.279. The second-order valence-corrected chi connectivity index (χ2v) is 8.65. The van der Waals surface area contributed by atoms with Crippen LogP contribution in [0.15, 0.2) is 12.2 Å². The first kappa shape index (κ1) is 25.4. The third-order valence-electron chi connectivity index (χ3n) is 6.65. The van der Waals surface area contributed by atoms with E-state index in [4.69, 9.17) is 4.74 Å². The van der Waals surface area contributed by atoms with Gasteiger partial charge >= 0.3 is 5.97 Å². The number of rotatable bonds is 12. The summed E-state index contributed by atoms with van der Waals surface area (Å²) >= 11 is 0. The van der Waals surface area contributed by atoms with Crippen molar-refractivity contribution in [3.63, 3.8) is 0 Å². The van der Waals surface area contributed by atoms with Crippen molar-refractivity contribution in [1.82, 2.24) is 10.2 Å². The molecule has 0 aromatic rings. The van der Waals surface area contributed by atoms with Crippen molar-refractivity contribution in [2.45, 2.75) is 78.3 Å². The highest BCUT2D eigenvalue weighted by atomic mass is 16.5. The summed E-state index contributed by atoms with van der Waals surface area (Å²) in [5.74, 6) is -2.51. The number of allylic oxidation sites excluding steroid dienone is 1. The molecule has 2 rings (SSSR count). The van der Waals surface area contributed by atoms with Crippen molar-refractivity contribution in [3.8, 4) is 0 Å². The van der Waals surface area contributed by atoms with E-state index in [9.17, 15) is 19.5 Å². The number of nitrogens with zero attached hydrogens (tertiary/aromatic N) is 1. The summed E-state index contributed by atoms with van der Waals surface area (Å²) < 4.78 is 5.36. The summed E-state index contributed by atoms with van der Waals surface area (Å²) in [6.45, 7) is 8.41. The first-order valence-corrected chi connectivity index (χ1v) is 12.0. The Kier molecular flexibility index (Phi) is 10.0. The predicted octanol–water partition coefficient (Wildman–Crippen LogP) is 2.67. The van der Waals surface area contributed by atoms with E-state index in [1.54, 1.807) is 11.8 Å². The molecule has 0 spiro atoms. The molecule has 0 bridgehead atoms. The maximum absolute atomic E-state index is 13.7. The fourth-order valence-electron chi connectivity index (χ4n) is 5.11. The summed E-state index contributed by atoms with van der Waals surface area (Å²) in [6, 6.07) is -1.17. The monoisotopic (exact) mass is 436 g/mol. The molecule has 6 atom stereocenters. The molecular formula is C24H40N2O5. The molecule has 7 nitrogen and oxygen atoms in total. The van der Waals surface area contributed by atoms with Gasteiger partial charge in [0.15, 0.2) is 0 Å². The minimum absolute atomic E-state index is 0.0864. The average molecular weight is 437 g/mol. The van der Waals surface area contributed by atoms with Crippen LogP contribution in [-0.4, -0.2) is 59.6 Å². The number of esters is 1. The van der Waals surface area contributed by atoms with Crippen molar-refractivity contribution in [2.75, 3.05) is 19.8 Å². The molecule has 0 aromatic carbocycles. The molecule has 1 aliphatic heterocycles. The summed E-state index contributed by atoms with van der Waals surface area (Å²) in [4.78, 5) is 41.4. The highest BCUT2D eigenvalue weighted by Gasteiger charge is 2.58. The smallest absolute Gasteiger partial charge is 0.310 e. The molecule has 0 aromatic heterocycles. The number of likely N-dealkylation sites (tertiary alicyclic amines) is 1. The fraction of sp³-hybridized carbons (Fsp3) is 0.792. The minimum Gasteiger partial charge on any atom is -0.466 e. The van der Waals surface area contributed by atoms with E-state index in [1.807, 2.05) is 19.1 Å². The van der Waals surface area contributed by atoms with Crippen LogP contribution in [0.4, 0.5) is 0 Å². The predicted molar refractivity (Wildman–Crippen MR) is 119 cm³/mol. The Labute approximate surface area is 186 Å². The van der Waals surface area contributed by atoms with E-state index < -0.39 is 29.8 Å². The lowest BCUT2D eigenvalue weighted by Crippen LogP contribution is -2.52. The number of aliphatic hydroxyl groups is 1. The largest absolute Gasteiger partial charge is 0.466 e. The number of ether oxygens (including phenoxy) is 1. The van der Waals surface area contributed by atoms with Crippen LogP contribution in [-0.2, 0) is 19.1 Å². The van der Waals surface area contributed by atoms with Crippen molar-refractivity contribution in [2.24, 2.45) is 23.7 Å². The van der Waals surface area contributed by atoms with Gasteiger partial charge in [0, 0.05) is 12.5 Å². The highest BCUT2D eigenvalue weighted by Crippen LogP contribution is 2.46. The number of nitrogens with one attached hydrogen (secondary N) is 1. The molecule has 176 valence electrons. The van der Waals surface area contributed by atoms with Gasteiger partial charge in [-0.1, -0.05) is 52.2 Å². The molecule has 1 fully saturated rings. The fourth-order valence-corrected chi connectivity index (χ4v) is 5.11. The van der Waals surface area contributed by atoms with Crippen LogP contribution in [0.25, 0.3) is 0 Å². The third-order valence-corrected chi connectivity index (χ3v) is 6.65. The second kappa shape index (κ2) is 12.2. The van der Waals surface area contributed by atoms with Crippen LogP contribution in [0, 0.1) is 23.7 Å². The Morgan fingerprint density at radius 1 is 1.16 bits per heavy atom. The van der Waals surface area contributed by atoms with Crippen LogP contribution in [0.3, 0.4) is 0 Å². The SMILES string of the molecule is CCCCCNC(=O)[C@@H]1[C@H]2C=C[C@@H](CCC)[C@@H](C(=O)OCC)[C@@H]2C(=O)N1[C@@H](CC)CO. The Morgan fingerprint density at radius 3 is 2.48 bits per heavy atom. The van der Waals surface area contributed by atoms with Gasteiger partial charge < -0.3 is 20.1 Å². The Hall–Kier alpha value is -1.89. The number of aliphatic hydroxyl groups excluding tert-OH is 1. The number of unbranched alkanes of at least 4 members (excludes halogenated alkanes) is 2. The van der Waals surface area contributed by atoms with Crippen LogP contribution in [0.5, 0.6) is 0 Å². The number of fused-ring (bicyclic) bond motifs is 1. The summed E-state index contributed by atoms with van der Waals surface area (Å²) in [5.41, 5.74) is 0. The van der Waals surface area contributed by atoms with Gasteiger partial charge in [-0.15, -0.1) is 0 Å². The summed E-state index contributed by atoms with van der Waals surface area (Å²) in [5, 5.41) is 12.9. The average Bonchev–Trinajstić information content (AvgIpc) is 3.05. The van der Waals surface area contributed by atoms with Crippen LogP contribution < -0.4 is 5.32 Å². The molecule has 31 heavy (non-hydrogen) atoms. The standard InChI is InChI=1S/C24H40N2O5/c1-5-9-10-14-25-22(28)21-18-13-12-16(11-6-2)19(24(30)31-8-4)20(18)23(29)26(21)17(7-3)15-27/h12-13,16-21,27H,5-11,14-15H2,1-4H3,(H,25,28)/t16-,17+,18+,19-,20-,21+/m1/s1. The van der Waals surface area contributed by atoms with E-state index in [1.165, 1.54) is 0 Å². The zero-order chi connectivity index (χ0) is 23.0. The van der Waals surface area contributed by atoms with Crippen molar-refractivity contribution >= 4 is 17.8 Å². The molecule has 1 aliphatic carbocycles. The number of amides is 2. The first-order valence-electron chi connectivity index (χ1n) is 12.0. The molecule has 0 unspecified atom stereocenters. The molecule has 2 amide bonds. The van der Waals surface area contributed by atoms with Gasteiger partial charge in [-0.2, -0.15) is 0 Å². The Bertz CT molecular complexity index is 646. The van der Waals surface area contributed by atoms with Crippen LogP contribution in [0.2, 0.25) is 0 Å². The van der Waals surface area contributed by atoms with E-state index >= 15 is 0 Å². The normalized spacial score (nSPS) is 28.4. The van der Waals surface area contributed by atoms with Crippen LogP contribution >= 0.6 is 0 Å².